The van der Waals surface area contributed by atoms with Crippen molar-refractivity contribution in [1.29, 1.82) is 5.41 Å². The molecular formula is C18H26N4O5. The van der Waals surface area contributed by atoms with Gasteiger partial charge in [-0.1, -0.05) is 0 Å². The first-order chi connectivity index (χ1) is 13.0. The van der Waals surface area contributed by atoms with Crippen LogP contribution in [0.3, 0.4) is 0 Å². The summed E-state index contributed by atoms with van der Waals surface area (Å²) in [6, 6.07) is 2.78. The predicted octanol–water partition coefficient (Wildman–Crippen LogP) is 0.233. The van der Waals surface area contributed by atoms with E-state index in [-0.39, 0.29) is 19.4 Å². The molecule has 0 saturated carbocycles. The number of ether oxygens (including phenoxy) is 2. The molecule has 1 rings (SSSR count). The van der Waals surface area contributed by atoms with Crippen LogP contribution in [0.4, 0.5) is 0 Å². The molecule has 1 amide bonds. The van der Waals surface area contributed by atoms with E-state index < -0.39 is 29.8 Å². The fraction of sp³-hybridized carbons (Fsp3) is 0.500. The fourth-order valence-electron chi connectivity index (χ4n) is 2.06. The maximum Gasteiger partial charge on any atom is 0.328 e. The number of carbonyl (C=O) groups is 3. The zero-order valence-electron chi connectivity index (χ0n) is 15.6. The maximum absolute atomic E-state index is 12.2. The number of pyridine rings is 1. The third kappa shape index (κ3) is 9.02. The first kappa shape index (κ1) is 22.4. The fourth-order valence-corrected chi connectivity index (χ4v) is 2.06. The zero-order valence-corrected chi connectivity index (χ0v) is 15.6. The predicted molar refractivity (Wildman–Crippen MR) is 98.3 cm³/mol. The number of aromatic nitrogens is 1. The average Bonchev–Trinajstić information content (AvgIpc) is 2.70. The molecular weight excluding hydrogens is 352 g/mol. The molecule has 3 N–H and O–H groups in total. The lowest BCUT2D eigenvalue weighted by Gasteiger charge is -2.19. The topological polar surface area (TPSA) is 130 Å². The van der Waals surface area contributed by atoms with Crippen LogP contribution in [-0.4, -0.2) is 61.3 Å². The molecule has 0 radical (unpaired) electrons. The van der Waals surface area contributed by atoms with Crippen molar-refractivity contribution in [2.75, 3.05) is 20.3 Å². The van der Waals surface area contributed by atoms with Gasteiger partial charge in [0.25, 0.3) is 0 Å². The Bertz CT molecular complexity index is 623. The maximum atomic E-state index is 12.2. The van der Waals surface area contributed by atoms with Gasteiger partial charge in [0.15, 0.2) is 5.78 Å². The third-order valence-corrected chi connectivity index (χ3v) is 3.77. The van der Waals surface area contributed by atoms with Crippen LogP contribution in [0.25, 0.3) is 0 Å². The molecule has 1 aromatic rings. The second-order valence-corrected chi connectivity index (χ2v) is 5.79. The van der Waals surface area contributed by atoms with Gasteiger partial charge >= 0.3 is 5.97 Å². The summed E-state index contributed by atoms with van der Waals surface area (Å²) >= 11 is 0. The number of rotatable bonds is 13. The van der Waals surface area contributed by atoms with E-state index in [0.717, 1.165) is 5.56 Å². The van der Waals surface area contributed by atoms with E-state index >= 15 is 0 Å². The minimum atomic E-state index is -0.973. The molecule has 0 aliphatic carbocycles. The Morgan fingerprint density at radius 2 is 2.00 bits per heavy atom. The number of hydrogen-bond donors (Lipinski definition) is 3. The van der Waals surface area contributed by atoms with Gasteiger partial charge in [-0.25, -0.2) is 4.79 Å². The van der Waals surface area contributed by atoms with Gasteiger partial charge < -0.3 is 25.5 Å². The van der Waals surface area contributed by atoms with Gasteiger partial charge in [0.2, 0.25) is 5.91 Å². The Balaban J connectivity index is 2.44. The highest BCUT2D eigenvalue weighted by Gasteiger charge is 2.25. The van der Waals surface area contributed by atoms with Gasteiger partial charge in [0, 0.05) is 39.0 Å². The van der Waals surface area contributed by atoms with Gasteiger partial charge in [0.1, 0.15) is 18.8 Å². The molecule has 0 aromatic carbocycles. The van der Waals surface area contributed by atoms with Gasteiger partial charge in [-0.15, -0.1) is 0 Å². The molecule has 0 aliphatic rings. The molecule has 0 saturated heterocycles. The molecule has 0 aliphatic heterocycles. The monoisotopic (exact) mass is 378 g/mol. The number of nitrogens with zero attached hydrogens (tertiary/aromatic N) is 1. The van der Waals surface area contributed by atoms with Crippen LogP contribution in [0.15, 0.2) is 24.5 Å². The molecule has 2 atom stereocenters. The van der Waals surface area contributed by atoms with E-state index in [4.69, 9.17) is 14.9 Å². The summed E-state index contributed by atoms with van der Waals surface area (Å²) in [6.45, 7) is 2.71. The van der Waals surface area contributed by atoms with Crippen molar-refractivity contribution in [1.82, 2.24) is 15.6 Å². The van der Waals surface area contributed by atoms with Crippen molar-refractivity contribution in [3.8, 4) is 0 Å². The summed E-state index contributed by atoms with van der Waals surface area (Å²) in [5, 5.41) is 12.6. The Kier molecular flexibility index (Phi) is 10.5. The van der Waals surface area contributed by atoms with Crippen molar-refractivity contribution in [3.05, 3.63) is 30.1 Å². The van der Waals surface area contributed by atoms with Crippen LogP contribution in [-0.2, 0) is 30.4 Å². The normalized spacial score (nSPS) is 12.7. The quantitative estimate of drug-likeness (QED) is 0.254. The van der Waals surface area contributed by atoms with Crippen LogP contribution in [0, 0.1) is 5.41 Å². The molecule has 9 heteroatoms. The Labute approximate surface area is 158 Å². The second-order valence-electron chi connectivity index (χ2n) is 5.79. The summed E-state index contributed by atoms with van der Waals surface area (Å²) in [7, 11) is 1.38. The molecule has 0 spiro atoms. The second kappa shape index (κ2) is 12.7. The minimum Gasteiger partial charge on any atom is -0.463 e. The number of nitrogens with one attached hydrogen (secondary N) is 3. The summed E-state index contributed by atoms with van der Waals surface area (Å²) in [4.78, 5) is 39.4. The van der Waals surface area contributed by atoms with E-state index in [9.17, 15) is 14.4 Å². The lowest BCUT2D eigenvalue weighted by Crippen LogP contribution is -2.46. The van der Waals surface area contributed by atoms with Gasteiger partial charge in [-0.3, -0.25) is 14.6 Å². The average molecular weight is 378 g/mol. The third-order valence-electron chi connectivity index (χ3n) is 3.77. The Morgan fingerprint density at radius 3 is 2.63 bits per heavy atom. The van der Waals surface area contributed by atoms with Crippen LogP contribution in [0.1, 0.15) is 25.3 Å². The molecule has 9 nitrogen and oxygen atoms in total. The molecule has 27 heavy (non-hydrogen) atoms. The Hall–Kier alpha value is -2.65. The van der Waals surface area contributed by atoms with Crippen LogP contribution >= 0.6 is 0 Å². The first-order valence-corrected chi connectivity index (χ1v) is 8.60. The smallest absolute Gasteiger partial charge is 0.328 e. The van der Waals surface area contributed by atoms with Crippen molar-refractivity contribution in [3.63, 3.8) is 0 Å². The lowest BCUT2D eigenvalue weighted by molar-refractivity contribution is -0.149. The number of hydrogen-bond acceptors (Lipinski definition) is 8. The number of methoxy groups -OCH3 is 1. The summed E-state index contributed by atoms with van der Waals surface area (Å²) in [6.07, 6.45) is 3.36. The van der Waals surface area contributed by atoms with Crippen LogP contribution in [0.2, 0.25) is 0 Å². The number of amides is 1. The molecule has 1 aromatic heterocycles. The molecule has 148 valence electrons. The molecule has 1 heterocycles. The van der Waals surface area contributed by atoms with E-state index in [2.05, 4.69) is 15.6 Å². The van der Waals surface area contributed by atoms with Crippen molar-refractivity contribution < 1.29 is 23.9 Å². The number of carbonyl (C=O) groups excluding carboxylic acids is 3. The van der Waals surface area contributed by atoms with E-state index in [1.165, 1.54) is 7.11 Å². The lowest BCUT2D eigenvalue weighted by atomic mass is 10.1. The van der Waals surface area contributed by atoms with Gasteiger partial charge in [-0.05, 0) is 31.0 Å². The van der Waals surface area contributed by atoms with Gasteiger partial charge in [-0.2, -0.15) is 0 Å². The highest BCUT2D eigenvalue weighted by atomic mass is 16.5. The van der Waals surface area contributed by atoms with Crippen LogP contribution < -0.4 is 10.6 Å². The SMILES string of the molecule is CO[C@H](C)C(=O)N[C@@H](CCC(=O)C=N)C(=O)OCCNCc1ccncc1. The van der Waals surface area contributed by atoms with Crippen molar-refractivity contribution in [2.24, 2.45) is 0 Å². The standard InChI is InChI=1S/C18H26N4O5/c1-13(26-2)17(24)22-16(4-3-15(23)11-19)18(25)27-10-9-21-12-14-5-7-20-8-6-14/h5-8,11,13,16,19,21H,3-4,9-10,12H2,1-2H3,(H,22,24)/t13-,16+/m1/s1. The van der Waals surface area contributed by atoms with E-state index in [1.807, 2.05) is 12.1 Å². The van der Waals surface area contributed by atoms with Crippen LogP contribution in [0.5, 0.6) is 0 Å². The Morgan fingerprint density at radius 1 is 1.30 bits per heavy atom. The molecule has 0 fully saturated rings. The van der Waals surface area contributed by atoms with Gasteiger partial charge in [0.05, 0.1) is 6.21 Å². The highest BCUT2D eigenvalue weighted by molar-refractivity contribution is 6.26. The summed E-state index contributed by atoms with van der Waals surface area (Å²) in [5.41, 5.74) is 1.06. The minimum absolute atomic E-state index is 0.0365. The summed E-state index contributed by atoms with van der Waals surface area (Å²) < 4.78 is 10.1. The number of Topliss-reactive ketones (excluding diaryl/α,β-unsaturated/α-hetero) is 1. The zero-order chi connectivity index (χ0) is 20.1. The molecule has 0 unspecified atom stereocenters. The number of esters is 1. The van der Waals surface area contributed by atoms with Crippen molar-refractivity contribution in [2.45, 2.75) is 38.5 Å². The van der Waals surface area contributed by atoms with Crippen molar-refractivity contribution >= 4 is 23.9 Å². The van der Waals surface area contributed by atoms with E-state index in [1.54, 1.807) is 19.3 Å². The first-order valence-electron chi connectivity index (χ1n) is 8.60. The number of ketones is 1. The summed E-state index contributed by atoms with van der Waals surface area (Å²) in [5.74, 6) is -1.53. The highest BCUT2D eigenvalue weighted by Crippen LogP contribution is 2.03. The van der Waals surface area contributed by atoms with E-state index in [0.29, 0.717) is 19.3 Å². The molecule has 0 bridgehead atoms. The largest absolute Gasteiger partial charge is 0.463 e.